The van der Waals surface area contributed by atoms with Crippen molar-refractivity contribution in [3.05, 3.63) is 52.1 Å². The average molecular weight is 1440 g/mol. The Morgan fingerprint density at radius 3 is 1.27 bits per heavy atom. The molecule has 2 heterocycles. The van der Waals surface area contributed by atoms with Crippen LogP contribution in [-0.2, 0) is 59.3 Å². The lowest BCUT2D eigenvalue weighted by atomic mass is 10.0. The van der Waals surface area contributed by atoms with Gasteiger partial charge in [-0.1, -0.05) is 0 Å². The van der Waals surface area contributed by atoms with E-state index in [4.69, 9.17) is 26.8 Å². The van der Waals surface area contributed by atoms with Crippen LogP contribution in [0.3, 0.4) is 0 Å². The number of nitrogens with one attached hydrogen (secondary N) is 11. The molecule has 0 radical (unpaired) electrons. The minimum Gasteiger partial charge on any atom is -0.481 e. The van der Waals surface area contributed by atoms with Gasteiger partial charge in [0.15, 0.2) is 11.2 Å². The van der Waals surface area contributed by atoms with Gasteiger partial charge in [-0.3, -0.25) is 67.3 Å². The standard InChI is InChI=1S/C61H94N16O24/c62-53(95)41(7-12-46(87)64-21-17-35(81)24-38(84)29-78)72-57(98)44(10-15-50(91)92)75-58(99)43(9-14-48(89)66-23-19-37(83)26-40(86)31-80)73-59(100)45(11-16-51(93)94)74-56(97)42(8-13-47(88)65-22-18-36(82)25-39(85)30-79)71-49(90)2-1-20-67-55(96)32-3-5-33(6-4-32)68-27-34-28-69-54-52(70-34)60(101)77-61(63)76-54/h3-6,28,35-45,68,78-86H,1-2,7-27,29-31H2,(H2,62,95)(H,64,87)(H,65,88)(H,66,89)(H,67,96)(H,71,90)(H,72,98)(H,73,100)(H,74,97)(H,75,99)(H,91,92)(H,93,94)(H3,63,69,76,77,101)/t35-,36-,37-,38+,39+,40+,41+,42+,43+,44+,45+/m1/s1. The number of carbonyl (C=O) groups is 12. The molecular formula is C61H94N16O24. The fraction of sp³-hybridized carbons (Fsp3) is 0.607. The maximum absolute atomic E-state index is 14.4. The molecule has 10 amide bonds. The van der Waals surface area contributed by atoms with Crippen LogP contribution in [0, 0.1) is 0 Å². The van der Waals surface area contributed by atoms with Crippen molar-refractivity contribution in [1.82, 2.24) is 67.8 Å². The van der Waals surface area contributed by atoms with Gasteiger partial charge in [0.1, 0.15) is 30.2 Å². The summed E-state index contributed by atoms with van der Waals surface area (Å²) in [6.45, 7) is -2.36. The highest BCUT2D eigenvalue weighted by Gasteiger charge is 2.34. The van der Waals surface area contributed by atoms with Crippen molar-refractivity contribution in [3.8, 4) is 0 Å². The molecule has 101 heavy (non-hydrogen) atoms. The normalized spacial score (nSPS) is 14.5. The minimum absolute atomic E-state index is 0.0206. The first kappa shape index (κ1) is 85.5. The second-order valence-corrected chi connectivity index (χ2v) is 23.6. The molecule has 0 aliphatic heterocycles. The van der Waals surface area contributed by atoms with E-state index < -0.39 is 227 Å². The fourth-order valence-electron chi connectivity index (χ4n) is 9.54. The number of carboxylic acid groups (broad SMARTS) is 2. The molecule has 3 aromatic rings. The maximum atomic E-state index is 14.4. The molecule has 0 spiro atoms. The lowest BCUT2D eigenvalue weighted by molar-refractivity contribution is -0.139. The number of benzene rings is 1. The Labute approximate surface area is 577 Å². The van der Waals surface area contributed by atoms with E-state index in [2.05, 4.69) is 73.1 Å². The van der Waals surface area contributed by atoms with Gasteiger partial charge < -0.3 is 121 Å². The first-order chi connectivity index (χ1) is 47.9. The summed E-state index contributed by atoms with van der Waals surface area (Å²) < 4.78 is 0. The van der Waals surface area contributed by atoms with Gasteiger partial charge >= 0.3 is 11.9 Å². The molecule has 1 aromatic carbocycles. The number of carbonyl (C=O) groups excluding carboxylic acids is 10. The number of nitrogens with zero attached hydrogens (tertiary/aromatic N) is 3. The zero-order valence-corrected chi connectivity index (χ0v) is 55.3. The minimum atomic E-state index is -1.93. The summed E-state index contributed by atoms with van der Waals surface area (Å²) in [5, 5.41) is 131. The number of nitrogens with two attached hydrogens (primary N) is 2. The Morgan fingerprint density at radius 2 is 0.861 bits per heavy atom. The van der Waals surface area contributed by atoms with Crippen LogP contribution >= 0.6 is 0 Å². The van der Waals surface area contributed by atoms with E-state index in [1.807, 2.05) is 0 Å². The Morgan fingerprint density at radius 1 is 0.465 bits per heavy atom. The first-order valence-corrected chi connectivity index (χ1v) is 32.5. The van der Waals surface area contributed by atoms with Crippen LogP contribution in [0.15, 0.2) is 35.3 Å². The highest BCUT2D eigenvalue weighted by molar-refractivity contribution is 5.97. The number of aromatic amines is 1. The molecule has 0 fully saturated rings. The van der Waals surface area contributed by atoms with Crippen molar-refractivity contribution in [2.24, 2.45) is 5.73 Å². The van der Waals surface area contributed by atoms with Crippen molar-refractivity contribution in [3.63, 3.8) is 0 Å². The quantitative estimate of drug-likeness (QED) is 0.0233. The predicted octanol–water partition coefficient (Wildman–Crippen LogP) is -7.77. The summed E-state index contributed by atoms with van der Waals surface area (Å²) in [7, 11) is 0. The van der Waals surface area contributed by atoms with Gasteiger partial charge in [-0.2, -0.15) is 4.98 Å². The van der Waals surface area contributed by atoms with Crippen LogP contribution in [0.4, 0.5) is 11.6 Å². The molecule has 562 valence electrons. The summed E-state index contributed by atoms with van der Waals surface area (Å²) >= 11 is 0. The fourth-order valence-corrected chi connectivity index (χ4v) is 9.54. The number of aliphatic hydroxyl groups is 9. The number of rotatable bonds is 51. The van der Waals surface area contributed by atoms with Crippen molar-refractivity contribution in [1.29, 1.82) is 0 Å². The van der Waals surface area contributed by atoms with Crippen molar-refractivity contribution in [2.75, 3.05) is 57.1 Å². The van der Waals surface area contributed by atoms with Gasteiger partial charge in [-0.05, 0) is 82.1 Å². The van der Waals surface area contributed by atoms with Gasteiger partial charge in [0.05, 0.1) is 74.9 Å². The molecule has 0 saturated carbocycles. The van der Waals surface area contributed by atoms with E-state index >= 15 is 0 Å². The average Bonchev–Trinajstić information content (AvgIpc) is 0.817. The summed E-state index contributed by atoms with van der Waals surface area (Å²) in [5.41, 5.74) is 11.7. The van der Waals surface area contributed by atoms with Crippen LogP contribution in [-0.4, -0.2) is 260 Å². The summed E-state index contributed by atoms with van der Waals surface area (Å²) in [4.78, 5) is 186. The number of hydrogen-bond acceptors (Lipinski definition) is 27. The van der Waals surface area contributed by atoms with Crippen molar-refractivity contribution >= 4 is 93.8 Å². The van der Waals surface area contributed by atoms with Crippen LogP contribution in [0.25, 0.3) is 11.2 Å². The topological polar surface area (TPSA) is 671 Å². The molecular weight excluding hydrogens is 1340 g/mol. The van der Waals surface area contributed by atoms with E-state index in [0.717, 1.165) is 0 Å². The molecule has 0 saturated heterocycles. The molecule has 40 nitrogen and oxygen atoms in total. The molecule has 0 aliphatic rings. The van der Waals surface area contributed by atoms with Gasteiger partial charge in [-0.15, -0.1) is 0 Å². The number of amides is 10. The summed E-state index contributed by atoms with van der Waals surface area (Å²) in [5.74, 6) is -12.9. The van der Waals surface area contributed by atoms with Gasteiger partial charge in [0.2, 0.25) is 59.1 Å². The molecule has 2 aromatic heterocycles. The third kappa shape index (κ3) is 34.8. The van der Waals surface area contributed by atoms with E-state index in [9.17, 15) is 103 Å². The van der Waals surface area contributed by atoms with Crippen LogP contribution < -0.4 is 70.2 Å². The molecule has 0 unspecified atom stereocenters. The smallest absolute Gasteiger partial charge is 0.303 e. The number of nitrogen functional groups attached to an aromatic ring is 1. The van der Waals surface area contributed by atoms with Crippen LogP contribution in [0.2, 0.25) is 0 Å². The highest BCUT2D eigenvalue weighted by atomic mass is 16.4. The molecule has 11 atom stereocenters. The van der Waals surface area contributed by atoms with Crippen LogP contribution in [0.1, 0.15) is 132 Å². The summed E-state index contributed by atoms with van der Waals surface area (Å²) in [6, 6.07) is -2.86. The number of carboxylic acids is 2. The number of aromatic nitrogens is 4. The number of hydrogen-bond donors (Lipinski definition) is 24. The Hall–Kier alpha value is -9.68. The molecule has 3 rings (SSSR count). The number of aliphatic carboxylic acids is 2. The SMILES string of the molecule is NC(=O)[C@H](CCC(=O)NCC[C@@H](O)C[C@H](O)CO)NC(=O)[C@H](CCC(=O)O)NC(=O)[C@H](CCC(=O)NCC[C@@H](O)C[C@H](O)CO)NC(=O)[C@H](CCC(=O)O)NC(=O)[C@H](CCC(=O)NCC[C@@H](O)C[C@H](O)CO)NC(=O)CCCNC(=O)c1ccc(NCc2cnc3nc(N)[nH]c(=O)c3n2)cc1. The molecule has 26 N–H and O–H groups in total. The Bertz CT molecular complexity index is 3280. The van der Waals surface area contributed by atoms with Crippen LogP contribution in [0.5, 0.6) is 0 Å². The second-order valence-electron chi connectivity index (χ2n) is 23.6. The molecule has 0 bridgehead atoms. The monoisotopic (exact) mass is 1430 g/mol. The van der Waals surface area contributed by atoms with E-state index in [-0.39, 0.29) is 107 Å². The lowest BCUT2D eigenvalue weighted by Gasteiger charge is -2.27. The third-order valence-corrected chi connectivity index (χ3v) is 15.1. The largest absolute Gasteiger partial charge is 0.481 e. The van der Waals surface area contributed by atoms with Crippen molar-refractivity contribution in [2.45, 2.75) is 189 Å². The second kappa shape index (κ2) is 45.9. The Balaban J connectivity index is 1.85. The van der Waals surface area contributed by atoms with Gasteiger partial charge in [0, 0.05) is 95.2 Å². The number of H-pyrrole nitrogens is 1. The zero-order chi connectivity index (χ0) is 75.1. The number of anilines is 2. The number of aliphatic hydroxyl groups excluding tert-OH is 9. The predicted molar refractivity (Wildman–Crippen MR) is 352 cm³/mol. The van der Waals surface area contributed by atoms with Gasteiger partial charge in [0.25, 0.3) is 11.5 Å². The number of primary amides is 1. The first-order valence-electron chi connectivity index (χ1n) is 32.5. The lowest BCUT2D eigenvalue weighted by Crippen LogP contribution is -2.59. The van der Waals surface area contributed by atoms with Gasteiger partial charge in [-0.25, -0.2) is 9.97 Å². The highest BCUT2D eigenvalue weighted by Crippen LogP contribution is 2.14. The molecule has 40 heteroatoms. The number of fused-ring (bicyclic) bond motifs is 1. The maximum Gasteiger partial charge on any atom is 0.303 e. The molecule has 0 aliphatic carbocycles. The van der Waals surface area contributed by atoms with Crippen molar-refractivity contribution < 1.29 is 114 Å². The van der Waals surface area contributed by atoms with E-state index in [0.29, 0.717) is 11.4 Å². The Kier molecular flexibility index (Phi) is 38.9. The van der Waals surface area contributed by atoms with E-state index in [1.165, 1.54) is 18.3 Å². The zero-order valence-electron chi connectivity index (χ0n) is 55.3. The van der Waals surface area contributed by atoms with E-state index in [1.54, 1.807) is 12.1 Å². The third-order valence-electron chi connectivity index (χ3n) is 15.1. The summed E-state index contributed by atoms with van der Waals surface area (Å²) in [6.07, 6.45) is -13.4.